The molecule has 3 unspecified atom stereocenters. The van der Waals surface area contributed by atoms with Crippen molar-refractivity contribution in [2.45, 2.75) is 39.0 Å². The Morgan fingerprint density at radius 3 is 2.90 bits per heavy atom. The Labute approximate surface area is 121 Å². The number of β-amino-alcohol motifs (C(OH)–C–C–N with tert-alkyl or cyclic N) is 1. The van der Waals surface area contributed by atoms with Gasteiger partial charge in [0.05, 0.1) is 12.7 Å². The Bertz CT molecular complexity index is 424. The molecule has 1 aromatic rings. The van der Waals surface area contributed by atoms with Gasteiger partial charge >= 0.3 is 0 Å². The van der Waals surface area contributed by atoms with Gasteiger partial charge in [-0.25, -0.2) is 0 Å². The number of rotatable bonds is 5. The Kier molecular flexibility index (Phi) is 5.40. The average molecular weight is 279 g/mol. The molecule has 0 amide bonds. The predicted octanol–water partition coefficient (Wildman–Crippen LogP) is 1.84. The number of aryl methyl sites for hydroxylation is 1. The fourth-order valence-electron chi connectivity index (χ4n) is 2.45. The van der Waals surface area contributed by atoms with Gasteiger partial charge in [-0.3, -0.25) is 4.90 Å². The number of hydrogen-bond donors (Lipinski definition) is 1. The molecular weight excluding hydrogens is 254 g/mol. The molecule has 0 saturated carbocycles. The number of morpholine rings is 1. The van der Waals surface area contributed by atoms with Crippen LogP contribution in [0.2, 0.25) is 0 Å². The van der Waals surface area contributed by atoms with Crippen LogP contribution in [0.5, 0.6) is 5.75 Å². The lowest BCUT2D eigenvalue weighted by Crippen LogP contribution is -2.50. The Morgan fingerprint density at radius 2 is 2.15 bits per heavy atom. The van der Waals surface area contributed by atoms with Crippen LogP contribution in [-0.4, -0.2) is 54.6 Å². The monoisotopic (exact) mass is 279 g/mol. The number of ether oxygens (including phenoxy) is 2. The molecule has 4 heteroatoms. The van der Waals surface area contributed by atoms with E-state index in [1.165, 1.54) is 0 Å². The van der Waals surface area contributed by atoms with Crippen molar-refractivity contribution < 1.29 is 14.6 Å². The van der Waals surface area contributed by atoms with Crippen molar-refractivity contribution in [1.82, 2.24) is 4.90 Å². The number of hydrogen-bond acceptors (Lipinski definition) is 4. The van der Waals surface area contributed by atoms with E-state index in [-0.39, 0.29) is 6.10 Å². The first-order chi connectivity index (χ1) is 9.56. The van der Waals surface area contributed by atoms with E-state index >= 15 is 0 Å². The first kappa shape index (κ1) is 15.3. The lowest BCUT2D eigenvalue weighted by Gasteiger charge is -2.37. The number of aliphatic hydroxyl groups is 1. The predicted molar refractivity (Wildman–Crippen MR) is 79.1 cm³/mol. The molecule has 0 radical (unpaired) electrons. The smallest absolute Gasteiger partial charge is 0.122 e. The van der Waals surface area contributed by atoms with Gasteiger partial charge in [0.25, 0.3) is 0 Å². The maximum atomic E-state index is 10.2. The number of nitrogens with zero attached hydrogens (tertiary/aromatic N) is 1. The summed E-state index contributed by atoms with van der Waals surface area (Å²) < 4.78 is 11.3. The highest BCUT2D eigenvalue weighted by molar-refractivity contribution is 5.31. The normalized spacial score (nSPS) is 25.4. The highest BCUT2D eigenvalue weighted by Gasteiger charge is 2.25. The van der Waals surface area contributed by atoms with Crippen molar-refractivity contribution in [3.05, 3.63) is 29.8 Å². The van der Waals surface area contributed by atoms with Crippen molar-refractivity contribution >= 4 is 0 Å². The second-order valence-electron chi connectivity index (χ2n) is 5.68. The Balaban J connectivity index is 1.80. The summed E-state index contributed by atoms with van der Waals surface area (Å²) in [5.41, 5.74) is 1.09. The molecule has 0 spiro atoms. The van der Waals surface area contributed by atoms with Crippen LogP contribution in [0.15, 0.2) is 24.3 Å². The first-order valence-electron chi connectivity index (χ1n) is 7.28. The molecule has 1 saturated heterocycles. The van der Waals surface area contributed by atoms with E-state index in [4.69, 9.17) is 9.47 Å². The molecule has 1 fully saturated rings. The zero-order valence-corrected chi connectivity index (χ0v) is 12.6. The van der Waals surface area contributed by atoms with E-state index in [1.54, 1.807) is 0 Å². The third-order valence-corrected chi connectivity index (χ3v) is 3.71. The van der Waals surface area contributed by atoms with Gasteiger partial charge in [-0.15, -0.1) is 0 Å². The largest absolute Gasteiger partial charge is 0.491 e. The summed E-state index contributed by atoms with van der Waals surface area (Å²) in [5, 5.41) is 10.2. The van der Waals surface area contributed by atoms with Crippen molar-refractivity contribution in [3.63, 3.8) is 0 Å². The Morgan fingerprint density at radius 1 is 1.40 bits per heavy atom. The second kappa shape index (κ2) is 7.07. The molecule has 1 aliphatic rings. The fraction of sp³-hybridized carbons (Fsp3) is 0.625. The van der Waals surface area contributed by atoms with Crippen LogP contribution < -0.4 is 4.74 Å². The van der Waals surface area contributed by atoms with Crippen LogP contribution in [0.25, 0.3) is 0 Å². The van der Waals surface area contributed by atoms with E-state index in [9.17, 15) is 5.11 Å². The summed E-state index contributed by atoms with van der Waals surface area (Å²) in [5.74, 6) is 0.843. The van der Waals surface area contributed by atoms with Gasteiger partial charge in [-0.05, 0) is 32.4 Å². The van der Waals surface area contributed by atoms with Crippen LogP contribution in [0.1, 0.15) is 19.4 Å². The van der Waals surface area contributed by atoms with Crippen molar-refractivity contribution in [2.24, 2.45) is 0 Å². The maximum Gasteiger partial charge on any atom is 0.122 e. The third kappa shape index (κ3) is 4.20. The van der Waals surface area contributed by atoms with Gasteiger partial charge in [0.1, 0.15) is 18.5 Å². The van der Waals surface area contributed by atoms with Crippen LogP contribution in [0, 0.1) is 6.92 Å². The lowest BCUT2D eigenvalue weighted by molar-refractivity contribution is -0.0650. The SMILES string of the molecule is Cc1ccccc1OCC(O)CN1CC(C)OCC1C. The quantitative estimate of drug-likeness (QED) is 0.893. The molecule has 1 N–H and O–H groups in total. The van der Waals surface area contributed by atoms with Crippen molar-refractivity contribution in [1.29, 1.82) is 0 Å². The van der Waals surface area contributed by atoms with Crippen molar-refractivity contribution in [2.75, 3.05) is 26.3 Å². The summed E-state index contributed by atoms with van der Waals surface area (Å²) in [4.78, 5) is 2.26. The highest BCUT2D eigenvalue weighted by atomic mass is 16.5. The van der Waals surface area contributed by atoms with E-state index in [0.29, 0.717) is 19.2 Å². The molecule has 1 aromatic carbocycles. The van der Waals surface area contributed by atoms with Gasteiger partial charge < -0.3 is 14.6 Å². The molecule has 112 valence electrons. The van der Waals surface area contributed by atoms with E-state index in [1.807, 2.05) is 31.2 Å². The van der Waals surface area contributed by atoms with Crippen LogP contribution >= 0.6 is 0 Å². The second-order valence-corrected chi connectivity index (χ2v) is 5.68. The van der Waals surface area contributed by atoms with Crippen LogP contribution in [0.4, 0.5) is 0 Å². The van der Waals surface area contributed by atoms with E-state index in [2.05, 4.69) is 18.7 Å². The van der Waals surface area contributed by atoms with Crippen LogP contribution in [0.3, 0.4) is 0 Å². The molecule has 0 aromatic heterocycles. The lowest BCUT2D eigenvalue weighted by atomic mass is 10.2. The van der Waals surface area contributed by atoms with Gasteiger partial charge in [-0.2, -0.15) is 0 Å². The Hall–Kier alpha value is -1.10. The molecule has 20 heavy (non-hydrogen) atoms. The average Bonchev–Trinajstić information content (AvgIpc) is 2.42. The standard InChI is InChI=1S/C16H25NO3/c1-12-6-4-5-7-16(12)20-11-15(18)9-17-8-14(3)19-10-13(17)2/h4-7,13-15,18H,8-11H2,1-3H3. The van der Waals surface area contributed by atoms with Gasteiger partial charge in [0.2, 0.25) is 0 Å². The molecule has 4 nitrogen and oxygen atoms in total. The fourth-order valence-corrected chi connectivity index (χ4v) is 2.45. The maximum absolute atomic E-state index is 10.2. The zero-order valence-electron chi connectivity index (χ0n) is 12.6. The van der Waals surface area contributed by atoms with E-state index in [0.717, 1.165) is 24.5 Å². The van der Waals surface area contributed by atoms with Gasteiger partial charge in [0.15, 0.2) is 0 Å². The summed E-state index contributed by atoms with van der Waals surface area (Å²) in [6.07, 6.45) is -0.252. The summed E-state index contributed by atoms with van der Waals surface area (Å²) in [6.45, 7) is 8.74. The first-order valence-corrected chi connectivity index (χ1v) is 7.28. The van der Waals surface area contributed by atoms with Gasteiger partial charge in [0, 0.05) is 19.1 Å². The number of benzene rings is 1. The number of para-hydroxylation sites is 1. The summed E-state index contributed by atoms with van der Waals surface area (Å²) in [6, 6.07) is 8.21. The minimum Gasteiger partial charge on any atom is -0.491 e. The summed E-state index contributed by atoms with van der Waals surface area (Å²) >= 11 is 0. The summed E-state index contributed by atoms with van der Waals surface area (Å²) in [7, 11) is 0. The molecule has 0 aliphatic carbocycles. The minimum absolute atomic E-state index is 0.232. The van der Waals surface area contributed by atoms with Crippen molar-refractivity contribution in [3.8, 4) is 5.75 Å². The van der Waals surface area contributed by atoms with E-state index < -0.39 is 6.10 Å². The molecule has 3 atom stereocenters. The minimum atomic E-state index is -0.484. The molecule has 2 rings (SSSR count). The highest BCUT2D eigenvalue weighted by Crippen LogP contribution is 2.17. The molecule has 1 aliphatic heterocycles. The molecule has 1 heterocycles. The zero-order chi connectivity index (χ0) is 14.5. The molecular formula is C16H25NO3. The molecule has 0 bridgehead atoms. The number of aliphatic hydroxyl groups excluding tert-OH is 1. The van der Waals surface area contributed by atoms with Crippen LogP contribution in [-0.2, 0) is 4.74 Å². The third-order valence-electron chi connectivity index (χ3n) is 3.71. The van der Waals surface area contributed by atoms with Gasteiger partial charge in [-0.1, -0.05) is 18.2 Å². The topological polar surface area (TPSA) is 41.9 Å².